The molecule has 0 aromatic heterocycles. The summed E-state index contributed by atoms with van der Waals surface area (Å²) in [6.07, 6.45) is 3.14. The van der Waals surface area contributed by atoms with Gasteiger partial charge in [-0.25, -0.2) is 4.79 Å². The van der Waals surface area contributed by atoms with Gasteiger partial charge in [0, 0.05) is 6.04 Å². The van der Waals surface area contributed by atoms with Crippen LogP contribution in [0.4, 0.5) is 10.5 Å². The summed E-state index contributed by atoms with van der Waals surface area (Å²) in [5.74, 6) is 0.932. The number of carbonyl (C=O) groups excluding carboxylic acids is 1. The molecule has 23 heavy (non-hydrogen) atoms. The highest BCUT2D eigenvalue weighted by atomic mass is 16.6. The molecule has 6 heteroatoms. The van der Waals surface area contributed by atoms with Gasteiger partial charge in [-0.05, 0) is 45.4 Å². The molecule has 0 saturated heterocycles. The maximum Gasteiger partial charge on any atom is 0.412 e. The van der Waals surface area contributed by atoms with Crippen molar-refractivity contribution >= 4 is 17.9 Å². The Balaban J connectivity index is 3.16. The zero-order valence-electron chi connectivity index (χ0n) is 14.6. The van der Waals surface area contributed by atoms with Crippen LogP contribution in [0, 0.1) is 0 Å². The number of ether oxygens (including phenoxy) is 3. The number of methoxy groups -OCH3 is 2. The van der Waals surface area contributed by atoms with Crippen LogP contribution < -0.4 is 20.5 Å². The van der Waals surface area contributed by atoms with E-state index in [0.29, 0.717) is 17.2 Å². The number of nitrogens with two attached hydrogens (primary N) is 1. The standard InChI is InChI=1S/C17H26N2O4/c1-11(18)7-8-12-9-13(15(22-6)14(10-12)21-5)19-16(20)23-17(2,3)4/h7-11H,18H2,1-6H3,(H,19,20)/b8-7+. The first kappa shape index (κ1) is 18.8. The minimum atomic E-state index is -0.589. The fourth-order valence-corrected chi connectivity index (χ4v) is 1.85. The first-order chi connectivity index (χ1) is 10.7. The van der Waals surface area contributed by atoms with E-state index >= 15 is 0 Å². The second-order valence-electron chi connectivity index (χ2n) is 6.15. The first-order valence-electron chi connectivity index (χ1n) is 7.36. The highest BCUT2D eigenvalue weighted by Gasteiger charge is 2.19. The Bertz CT molecular complexity index is 575. The summed E-state index contributed by atoms with van der Waals surface area (Å²) in [6, 6.07) is 3.49. The third kappa shape index (κ3) is 6.20. The first-order valence-corrected chi connectivity index (χ1v) is 7.36. The van der Waals surface area contributed by atoms with E-state index in [4.69, 9.17) is 19.9 Å². The largest absolute Gasteiger partial charge is 0.493 e. The quantitative estimate of drug-likeness (QED) is 0.868. The van der Waals surface area contributed by atoms with Crippen molar-refractivity contribution in [3.05, 3.63) is 23.8 Å². The van der Waals surface area contributed by atoms with Crippen LogP contribution in [0.25, 0.3) is 6.08 Å². The molecule has 0 aliphatic carbocycles. The molecular weight excluding hydrogens is 296 g/mol. The van der Waals surface area contributed by atoms with Crippen molar-refractivity contribution in [3.8, 4) is 11.5 Å². The van der Waals surface area contributed by atoms with E-state index in [1.54, 1.807) is 32.9 Å². The highest BCUT2D eigenvalue weighted by Crippen LogP contribution is 2.37. The molecule has 0 bridgehead atoms. The summed E-state index contributed by atoms with van der Waals surface area (Å²) in [5.41, 5.74) is 6.42. The number of rotatable bonds is 5. The fraction of sp³-hybridized carbons (Fsp3) is 0.471. The van der Waals surface area contributed by atoms with Crippen molar-refractivity contribution in [1.29, 1.82) is 0 Å². The molecule has 0 saturated carbocycles. The fourth-order valence-electron chi connectivity index (χ4n) is 1.85. The SMILES string of the molecule is COc1cc(/C=C/C(C)N)cc(NC(=O)OC(C)(C)C)c1OC. The summed E-state index contributed by atoms with van der Waals surface area (Å²) >= 11 is 0. The van der Waals surface area contributed by atoms with Crippen LogP contribution >= 0.6 is 0 Å². The zero-order valence-corrected chi connectivity index (χ0v) is 14.6. The maximum absolute atomic E-state index is 12.0. The van der Waals surface area contributed by atoms with Gasteiger partial charge >= 0.3 is 6.09 Å². The van der Waals surface area contributed by atoms with E-state index < -0.39 is 11.7 Å². The summed E-state index contributed by atoms with van der Waals surface area (Å²) in [7, 11) is 3.05. The lowest BCUT2D eigenvalue weighted by molar-refractivity contribution is 0.0635. The van der Waals surface area contributed by atoms with Crippen LogP contribution in [-0.4, -0.2) is 32.0 Å². The molecule has 1 unspecified atom stereocenters. The Morgan fingerprint density at radius 3 is 2.39 bits per heavy atom. The second kappa shape index (κ2) is 7.87. The molecule has 0 aliphatic rings. The van der Waals surface area contributed by atoms with E-state index in [1.165, 1.54) is 14.2 Å². The Hall–Kier alpha value is -2.21. The summed E-state index contributed by atoms with van der Waals surface area (Å²) in [5, 5.41) is 2.69. The Labute approximate surface area is 137 Å². The van der Waals surface area contributed by atoms with E-state index in [2.05, 4.69) is 5.32 Å². The van der Waals surface area contributed by atoms with Gasteiger partial charge in [0.25, 0.3) is 0 Å². The average Bonchev–Trinajstić information content (AvgIpc) is 2.42. The molecule has 1 amide bonds. The molecule has 1 aromatic carbocycles. The molecule has 1 aromatic rings. The Kier molecular flexibility index (Phi) is 6.45. The van der Waals surface area contributed by atoms with Crippen LogP contribution in [0.1, 0.15) is 33.3 Å². The maximum atomic E-state index is 12.0. The molecule has 0 spiro atoms. The smallest absolute Gasteiger partial charge is 0.412 e. The number of amides is 1. The van der Waals surface area contributed by atoms with Gasteiger partial charge in [-0.2, -0.15) is 0 Å². The lowest BCUT2D eigenvalue weighted by Gasteiger charge is -2.21. The number of anilines is 1. The average molecular weight is 322 g/mol. The summed E-state index contributed by atoms with van der Waals surface area (Å²) in [6.45, 7) is 7.27. The van der Waals surface area contributed by atoms with E-state index in [-0.39, 0.29) is 6.04 Å². The molecular formula is C17H26N2O4. The van der Waals surface area contributed by atoms with Crippen LogP contribution in [-0.2, 0) is 4.74 Å². The molecule has 0 radical (unpaired) electrons. The van der Waals surface area contributed by atoms with Gasteiger partial charge in [-0.15, -0.1) is 0 Å². The normalized spacial score (nSPS) is 12.8. The molecule has 3 N–H and O–H groups in total. The third-order valence-corrected chi connectivity index (χ3v) is 2.73. The number of carbonyl (C=O) groups is 1. The van der Waals surface area contributed by atoms with E-state index in [0.717, 1.165) is 5.56 Å². The van der Waals surface area contributed by atoms with E-state index in [9.17, 15) is 4.79 Å². The molecule has 0 fully saturated rings. The summed E-state index contributed by atoms with van der Waals surface area (Å²) < 4.78 is 15.9. The minimum absolute atomic E-state index is 0.0784. The molecule has 6 nitrogen and oxygen atoms in total. The van der Waals surface area contributed by atoms with Gasteiger partial charge in [0.1, 0.15) is 5.60 Å². The van der Waals surface area contributed by atoms with Gasteiger partial charge in [0.05, 0.1) is 19.9 Å². The summed E-state index contributed by atoms with van der Waals surface area (Å²) in [4.78, 5) is 12.0. The predicted octanol–water partition coefficient (Wildman–Crippen LogP) is 3.41. The van der Waals surface area contributed by atoms with Crippen LogP contribution in [0.15, 0.2) is 18.2 Å². The van der Waals surface area contributed by atoms with Gasteiger partial charge in [0.2, 0.25) is 0 Å². The van der Waals surface area contributed by atoms with Crippen molar-refractivity contribution in [2.24, 2.45) is 5.73 Å². The number of benzene rings is 1. The van der Waals surface area contributed by atoms with E-state index in [1.807, 2.05) is 19.1 Å². The monoisotopic (exact) mass is 322 g/mol. The lowest BCUT2D eigenvalue weighted by Crippen LogP contribution is -2.27. The molecule has 0 heterocycles. The third-order valence-electron chi connectivity index (χ3n) is 2.73. The van der Waals surface area contributed by atoms with Crippen molar-refractivity contribution in [2.75, 3.05) is 19.5 Å². The number of hydrogen-bond donors (Lipinski definition) is 2. The van der Waals surface area contributed by atoms with Gasteiger partial charge in [-0.3, -0.25) is 5.32 Å². The Morgan fingerprint density at radius 1 is 1.26 bits per heavy atom. The highest BCUT2D eigenvalue weighted by molar-refractivity contribution is 5.88. The van der Waals surface area contributed by atoms with Crippen molar-refractivity contribution in [3.63, 3.8) is 0 Å². The number of hydrogen-bond acceptors (Lipinski definition) is 5. The van der Waals surface area contributed by atoms with Gasteiger partial charge in [-0.1, -0.05) is 12.2 Å². The lowest BCUT2D eigenvalue weighted by atomic mass is 10.1. The molecule has 128 valence electrons. The number of nitrogens with one attached hydrogen (secondary N) is 1. The van der Waals surface area contributed by atoms with Crippen LogP contribution in [0.2, 0.25) is 0 Å². The van der Waals surface area contributed by atoms with Gasteiger partial charge in [0.15, 0.2) is 11.5 Å². The van der Waals surface area contributed by atoms with Crippen molar-refractivity contribution in [1.82, 2.24) is 0 Å². The molecule has 1 rings (SSSR count). The van der Waals surface area contributed by atoms with Gasteiger partial charge < -0.3 is 19.9 Å². The minimum Gasteiger partial charge on any atom is -0.493 e. The topological polar surface area (TPSA) is 82.8 Å². The molecule has 1 atom stereocenters. The Morgan fingerprint density at radius 2 is 1.91 bits per heavy atom. The van der Waals surface area contributed by atoms with Crippen molar-refractivity contribution in [2.45, 2.75) is 39.3 Å². The van der Waals surface area contributed by atoms with Crippen molar-refractivity contribution < 1.29 is 19.0 Å². The second-order valence-corrected chi connectivity index (χ2v) is 6.15. The van der Waals surface area contributed by atoms with Crippen LogP contribution in [0.5, 0.6) is 11.5 Å². The predicted molar refractivity (Wildman–Crippen MR) is 92.1 cm³/mol. The zero-order chi connectivity index (χ0) is 17.6. The molecule has 0 aliphatic heterocycles. The van der Waals surface area contributed by atoms with Crippen LogP contribution in [0.3, 0.4) is 0 Å².